The first kappa shape index (κ1) is 12.5. The average Bonchev–Trinajstić information content (AvgIpc) is 1.75. The summed E-state index contributed by atoms with van der Waals surface area (Å²) in [7, 11) is 0. The van der Waals surface area contributed by atoms with Crippen molar-refractivity contribution in [2.75, 3.05) is 13.1 Å². The number of hydrogen-bond donors (Lipinski definition) is 2. The van der Waals surface area contributed by atoms with Crippen LogP contribution in [0.25, 0.3) is 0 Å². The monoisotopic (exact) mass is 221 g/mol. The van der Waals surface area contributed by atoms with Gasteiger partial charge in [-0.25, -0.2) is 4.79 Å². The van der Waals surface area contributed by atoms with E-state index in [1.165, 1.54) is 0 Å². The predicted octanol–water partition coefficient (Wildman–Crippen LogP) is 0.371. The maximum Gasteiger partial charge on any atom is 0.523 e. The molecule has 0 atom stereocenters. The summed E-state index contributed by atoms with van der Waals surface area (Å²) < 4.78 is 38.3. The minimum Gasteiger partial charge on any atom is -0.479 e. The fourth-order valence-electron chi connectivity index (χ4n) is 0.841. The van der Waals surface area contributed by atoms with E-state index in [4.69, 9.17) is 5.11 Å². The first-order valence-corrected chi connectivity index (χ1v) is 3.07. The minimum absolute atomic E-state index is 0. The van der Waals surface area contributed by atoms with Gasteiger partial charge in [-0.3, -0.25) is 4.74 Å². The second kappa shape index (κ2) is 3.69. The normalized spacial score (nSPS) is 19.9. The number of hydrogen-bond acceptors (Lipinski definition) is 3. The van der Waals surface area contributed by atoms with Crippen LogP contribution in [0.4, 0.5) is 13.2 Å². The van der Waals surface area contributed by atoms with E-state index in [2.05, 4.69) is 10.1 Å². The van der Waals surface area contributed by atoms with Gasteiger partial charge in [0, 0.05) is 13.1 Å². The summed E-state index contributed by atoms with van der Waals surface area (Å²) in [5, 5.41) is 10.8. The molecule has 1 saturated heterocycles. The number of carboxylic acids is 1. The molecule has 1 rings (SSSR count). The molecular formula is C5H7ClF3NO3. The second-order valence-corrected chi connectivity index (χ2v) is 2.45. The van der Waals surface area contributed by atoms with Gasteiger partial charge in [0.25, 0.3) is 0 Å². The Hall–Kier alpha value is -0.530. The van der Waals surface area contributed by atoms with Gasteiger partial charge in [0.05, 0.1) is 0 Å². The number of rotatable bonds is 2. The largest absolute Gasteiger partial charge is 0.523 e. The molecule has 0 amide bonds. The Morgan fingerprint density at radius 3 is 2.00 bits per heavy atom. The first-order valence-electron chi connectivity index (χ1n) is 3.07. The quantitative estimate of drug-likeness (QED) is 0.708. The van der Waals surface area contributed by atoms with Gasteiger partial charge in [-0.1, -0.05) is 0 Å². The van der Waals surface area contributed by atoms with Gasteiger partial charge < -0.3 is 10.4 Å². The van der Waals surface area contributed by atoms with Crippen LogP contribution < -0.4 is 5.32 Å². The molecule has 0 saturated carbocycles. The highest BCUT2D eigenvalue weighted by Gasteiger charge is 2.53. The van der Waals surface area contributed by atoms with Crippen molar-refractivity contribution in [3.05, 3.63) is 0 Å². The molecule has 0 bridgehead atoms. The highest BCUT2D eigenvalue weighted by molar-refractivity contribution is 5.85. The molecule has 0 radical (unpaired) electrons. The number of ether oxygens (including phenoxy) is 1. The Bertz CT molecular complexity index is 204. The third kappa shape index (κ3) is 2.71. The number of halogens is 4. The summed E-state index contributed by atoms with van der Waals surface area (Å²) in [5.41, 5.74) is -2.11. The molecule has 0 aromatic heterocycles. The molecular weight excluding hydrogens is 215 g/mol. The maximum atomic E-state index is 11.6. The Balaban J connectivity index is 0.00000144. The lowest BCUT2D eigenvalue weighted by Crippen LogP contribution is -2.67. The average molecular weight is 222 g/mol. The van der Waals surface area contributed by atoms with Crippen molar-refractivity contribution in [1.82, 2.24) is 5.32 Å². The number of nitrogens with one attached hydrogen (secondary N) is 1. The van der Waals surface area contributed by atoms with Crippen molar-refractivity contribution in [3.63, 3.8) is 0 Å². The molecule has 1 fully saturated rings. The fraction of sp³-hybridized carbons (Fsp3) is 0.800. The molecule has 0 unspecified atom stereocenters. The zero-order chi connectivity index (χ0) is 9.41. The molecule has 1 aliphatic heterocycles. The molecule has 4 nitrogen and oxygen atoms in total. The number of carboxylic acid groups (broad SMARTS) is 1. The summed E-state index contributed by atoms with van der Waals surface area (Å²) in [6, 6.07) is 0. The number of carbonyl (C=O) groups is 1. The molecule has 0 aromatic carbocycles. The lowest BCUT2D eigenvalue weighted by Gasteiger charge is -2.38. The van der Waals surface area contributed by atoms with E-state index in [9.17, 15) is 18.0 Å². The van der Waals surface area contributed by atoms with Crippen molar-refractivity contribution >= 4 is 18.4 Å². The van der Waals surface area contributed by atoms with Crippen LogP contribution >= 0.6 is 12.4 Å². The fourth-order valence-corrected chi connectivity index (χ4v) is 0.841. The van der Waals surface area contributed by atoms with Crippen LogP contribution in [0.1, 0.15) is 0 Å². The Morgan fingerprint density at radius 1 is 1.46 bits per heavy atom. The van der Waals surface area contributed by atoms with E-state index in [1.807, 2.05) is 0 Å². The second-order valence-electron chi connectivity index (χ2n) is 2.45. The van der Waals surface area contributed by atoms with E-state index in [-0.39, 0.29) is 25.5 Å². The first-order chi connectivity index (χ1) is 5.36. The van der Waals surface area contributed by atoms with Crippen molar-refractivity contribution in [2.24, 2.45) is 0 Å². The molecule has 78 valence electrons. The zero-order valence-electron chi connectivity index (χ0n) is 6.22. The molecule has 2 N–H and O–H groups in total. The van der Waals surface area contributed by atoms with E-state index >= 15 is 0 Å². The Labute approximate surface area is 77.5 Å². The Kier molecular flexibility index (Phi) is 3.54. The zero-order valence-corrected chi connectivity index (χ0v) is 7.04. The summed E-state index contributed by atoms with van der Waals surface area (Å²) in [6.45, 7) is -0.635. The topological polar surface area (TPSA) is 58.6 Å². The van der Waals surface area contributed by atoms with Gasteiger partial charge in [-0.15, -0.1) is 25.6 Å². The molecule has 1 heterocycles. The number of alkyl halides is 3. The van der Waals surface area contributed by atoms with Gasteiger partial charge in [0.1, 0.15) is 0 Å². The molecule has 0 spiro atoms. The van der Waals surface area contributed by atoms with E-state index < -0.39 is 17.9 Å². The van der Waals surface area contributed by atoms with Crippen molar-refractivity contribution in [3.8, 4) is 0 Å². The smallest absolute Gasteiger partial charge is 0.479 e. The SMILES string of the molecule is Cl.O=C(O)C1(OC(F)(F)F)CNC1. The van der Waals surface area contributed by atoms with Gasteiger partial charge in [-0.2, -0.15) is 0 Å². The lowest BCUT2D eigenvalue weighted by molar-refractivity contribution is -0.367. The molecule has 0 aliphatic carbocycles. The molecule has 13 heavy (non-hydrogen) atoms. The number of aliphatic carboxylic acids is 1. The van der Waals surface area contributed by atoms with Crippen molar-refractivity contribution in [2.45, 2.75) is 12.0 Å². The highest BCUT2D eigenvalue weighted by Crippen LogP contribution is 2.28. The van der Waals surface area contributed by atoms with Crippen LogP contribution in [0.15, 0.2) is 0 Å². The maximum absolute atomic E-state index is 11.6. The summed E-state index contributed by atoms with van der Waals surface area (Å²) in [5.74, 6) is -1.60. The van der Waals surface area contributed by atoms with Crippen LogP contribution in [0, 0.1) is 0 Å². The van der Waals surface area contributed by atoms with E-state index in [0.29, 0.717) is 0 Å². The third-order valence-corrected chi connectivity index (χ3v) is 1.52. The standard InChI is InChI=1S/C5H6F3NO3.ClH/c6-5(7,8)12-4(3(10)11)1-9-2-4;/h9H,1-2H2,(H,10,11);1H. The van der Waals surface area contributed by atoms with Gasteiger partial charge in [0.15, 0.2) is 5.60 Å². The van der Waals surface area contributed by atoms with Crippen molar-refractivity contribution < 1.29 is 27.8 Å². The Morgan fingerprint density at radius 2 is 1.92 bits per heavy atom. The van der Waals surface area contributed by atoms with Gasteiger partial charge >= 0.3 is 12.3 Å². The van der Waals surface area contributed by atoms with Gasteiger partial charge in [0.2, 0.25) is 0 Å². The summed E-state index contributed by atoms with van der Waals surface area (Å²) >= 11 is 0. The van der Waals surface area contributed by atoms with Crippen molar-refractivity contribution in [1.29, 1.82) is 0 Å². The highest BCUT2D eigenvalue weighted by atomic mass is 35.5. The molecule has 1 aliphatic rings. The molecule has 8 heteroatoms. The molecule has 0 aromatic rings. The third-order valence-electron chi connectivity index (χ3n) is 1.52. The predicted molar refractivity (Wildman–Crippen MR) is 37.6 cm³/mol. The van der Waals surface area contributed by atoms with Gasteiger partial charge in [-0.05, 0) is 0 Å². The minimum atomic E-state index is -4.90. The van der Waals surface area contributed by atoms with Crippen LogP contribution in [0.5, 0.6) is 0 Å². The van der Waals surface area contributed by atoms with Crippen LogP contribution in [0.2, 0.25) is 0 Å². The summed E-state index contributed by atoms with van der Waals surface area (Å²) in [4.78, 5) is 10.3. The van der Waals surface area contributed by atoms with Crippen LogP contribution in [-0.2, 0) is 9.53 Å². The van der Waals surface area contributed by atoms with E-state index in [1.54, 1.807) is 0 Å². The summed E-state index contributed by atoms with van der Waals surface area (Å²) in [6.07, 6.45) is -4.90. The van der Waals surface area contributed by atoms with Crippen LogP contribution in [-0.4, -0.2) is 36.1 Å². The van der Waals surface area contributed by atoms with E-state index in [0.717, 1.165) is 0 Å². The lowest BCUT2D eigenvalue weighted by atomic mass is 9.97. The van der Waals surface area contributed by atoms with Crippen LogP contribution in [0.3, 0.4) is 0 Å².